The Kier molecular flexibility index (Phi) is 4.92. The Bertz CT molecular complexity index is 600. The maximum atomic E-state index is 12.8. The molecule has 1 aliphatic carbocycles. The van der Waals surface area contributed by atoms with Gasteiger partial charge in [0, 0.05) is 31.6 Å². The third kappa shape index (κ3) is 3.32. The van der Waals surface area contributed by atoms with E-state index < -0.39 is 0 Å². The van der Waals surface area contributed by atoms with Gasteiger partial charge in [-0.05, 0) is 26.7 Å². The lowest BCUT2D eigenvalue weighted by atomic mass is 9.94. The summed E-state index contributed by atoms with van der Waals surface area (Å²) >= 11 is 0. The summed E-state index contributed by atoms with van der Waals surface area (Å²) in [6.45, 7) is 4.80. The summed E-state index contributed by atoms with van der Waals surface area (Å²) in [5.41, 5.74) is 1.78. The fourth-order valence-corrected chi connectivity index (χ4v) is 4.00. The molecule has 0 spiro atoms. The first-order chi connectivity index (χ1) is 11.5. The Morgan fingerprint density at radius 1 is 1.29 bits per heavy atom. The molecule has 0 aromatic carbocycles. The zero-order valence-corrected chi connectivity index (χ0v) is 14.9. The minimum atomic E-state index is -0.218. The molecule has 0 radical (unpaired) electrons. The highest BCUT2D eigenvalue weighted by molar-refractivity contribution is 5.89. The molecule has 24 heavy (non-hydrogen) atoms. The van der Waals surface area contributed by atoms with Crippen molar-refractivity contribution in [1.29, 1.82) is 0 Å². The molecule has 2 heterocycles. The average Bonchev–Trinajstić information content (AvgIpc) is 3.12. The van der Waals surface area contributed by atoms with E-state index in [-0.39, 0.29) is 17.7 Å². The molecule has 0 unspecified atom stereocenters. The zero-order chi connectivity index (χ0) is 17.3. The van der Waals surface area contributed by atoms with Crippen LogP contribution in [0.1, 0.15) is 55.5 Å². The molecule has 2 aliphatic rings. The topological polar surface area (TPSA) is 66.7 Å². The molecule has 1 atom stereocenters. The second kappa shape index (κ2) is 6.95. The normalized spacial score (nSPS) is 22.2. The largest absolute Gasteiger partial charge is 0.361 e. The van der Waals surface area contributed by atoms with Crippen LogP contribution in [0.4, 0.5) is 0 Å². The molecule has 0 N–H and O–H groups in total. The van der Waals surface area contributed by atoms with Crippen molar-refractivity contribution in [2.75, 3.05) is 13.6 Å². The van der Waals surface area contributed by atoms with Crippen LogP contribution in [0.3, 0.4) is 0 Å². The van der Waals surface area contributed by atoms with E-state index in [0.717, 1.165) is 29.9 Å². The maximum absolute atomic E-state index is 12.8. The summed E-state index contributed by atoms with van der Waals surface area (Å²) < 4.78 is 5.16. The van der Waals surface area contributed by atoms with E-state index in [0.29, 0.717) is 25.6 Å². The van der Waals surface area contributed by atoms with Crippen LogP contribution in [-0.2, 0) is 16.1 Å². The number of carbonyl (C=O) groups excluding carboxylic acids is 2. The summed E-state index contributed by atoms with van der Waals surface area (Å²) in [7, 11) is 1.79. The van der Waals surface area contributed by atoms with E-state index in [1.807, 2.05) is 18.7 Å². The minimum absolute atomic E-state index is 0.0432. The molecular weight excluding hydrogens is 306 g/mol. The van der Waals surface area contributed by atoms with Gasteiger partial charge in [0.25, 0.3) is 0 Å². The highest BCUT2D eigenvalue weighted by Crippen LogP contribution is 2.29. The first-order valence-corrected chi connectivity index (χ1v) is 8.93. The number of hydrogen-bond donors (Lipinski definition) is 0. The first kappa shape index (κ1) is 17.0. The molecule has 1 saturated heterocycles. The standard InChI is InChI=1S/C18H27N3O3/c1-12-16(13(2)24-19-12)11-20(3)18(23)14-9-17(22)21(10-14)15-7-5-4-6-8-15/h14-15H,4-11H2,1-3H3/t14-/m1/s1. The molecule has 1 aromatic rings. The van der Waals surface area contributed by atoms with Crippen molar-refractivity contribution in [1.82, 2.24) is 15.0 Å². The number of carbonyl (C=O) groups is 2. The lowest BCUT2D eigenvalue weighted by molar-refractivity contribution is -0.135. The van der Waals surface area contributed by atoms with E-state index in [2.05, 4.69) is 5.16 Å². The van der Waals surface area contributed by atoms with E-state index in [4.69, 9.17) is 4.52 Å². The summed E-state index contributed by atoms with van der Waals surface area (Å²) in [5.74, 6) is 0.719. The predicted octanol–water partition coefficient (Wildman–Crippen LogP) is 2.43. The van der Waals surface area contributed by atoms with Crippen molar-refractivity contribution in [2.45, 2.75) is 65.0 Å². The van der Waals surface area contributed by atoms with Gasteiger partial charge in [0.05, 0.1) is 18.2 Å². The highest BCUT2D eigenvalue weighted by atomic mass is 16.5. The lowest BCUT2D eigenvalue weighted by Crippen LogP contribution is -2.39. The number of aromatic nitrogens is 1. The smallest absolute Gasteiger partial charge is 0.228 e. The molecule has 132 valence electrons. The van der Waals surface area contributed by atoms with Gasteiger partial charge in [-0.1, -0.05) is 24.4 Å². The molecule has 2 fully saturated rings. The molecule has 3 rings (SSSR count). The van der Waals surface area contributed by atoms with Gasteiger partial charge in [-0.25, -0.2) is 0 Å². The Balaban J connectivity index is 1.62. The van der Waals surface area contributed by atoms with Crippen LogP contribution in [0.2, 0.25) is 0 Å². The van der Waals surface area contributed by atoms with Gasteiger partial charge in [0.2, 0.25) is 11.8 Å². The van der Waals surface area contributed by atoms with Gasteiger partial charge < -0.3 is 14.3 Å². The van der Waals surface area contributed by atoms with E-state index in [1.54, 1.807) is 11.9 Å². The summed E-state index contributed by atoms with van der Waals surface area (Å²) in [5, 5.41) is 3.94. The number of hydrogen-bond acceptors (Lipinski definition) is 4. The van der Waals surface area contributed by atoms with Crippen LogP contribution in [0, 0.1) is 19.8 Å². The summed E-state index contributed by atoms with van der Waals surface area (Å²) in [6.07, 6.45) is 6.17. The second-order valence-corrected chi connectivity index (χ2v) is 7.24. The summed E-state index contributed by atoms with van der Waals surface area (Å²) in [6, 6.07) is 0.344. The molecule has 6 heteroatoms. The van der Waals surface area contributed by atoms with Crippen molar-refractivity contribution < 1.29 is 14.1 Å². The third-order valence-corrected chi connectivity index (χ3v) is 5.48. The van der Waals surface area contributed by atoms with Crippen molar-refractivity contribution in [2.24, 2.45) is 5.92 Å². The minimum Gasteiger partial charge on any atom is -0.361 e. The fraction of sp³-hybridized carbons (Fsp3) is 0.722. The number of aryl methyl sites for hydroxylation is 2. The van der Waals surface area contributed by atoms with Crippen molar-refractivity contribution in [3.63, 3.8) is 0 Å². The van der Waals surface area contributed by atoms with Crippen LogP contribution in [0.25, 0.3) is 0 Å². The van der Waals surface area contributed by atoms with Gasteiger partial charge in [-0.3, -0.25) is 9.59 Å². The van der Waals surface area contributed by atoms with Crippen LogP contribution >= 0.6 is 0 Å². The lowest BCUT2D eigenvalue weighted by Gasteiger charge is -2.31. The van der Waals surface area contributed by atoms with Crippen molar-refractivity contribution in [3.8, 4) is 0 Å². The molecule has 6 nitrogen and oxygen atoms in total. The molecular formula is C18H27N3O3. The van der Waals surface area contributed by atoms with Crippen LogP contribution in [0.5, 0.6) is 0 Å². The second-order valence-electron chi connectivity index (χ2n) is 7.24. The number of rotatable bonds is 4. The molecule has 1 aliphatic heterocycles. The Morgan fingerprint density at radius 3 is 2.62 bits per heavy atom. The van der Waals surface area contributed by atoms with Gasteiger partial charge in [-0.15, -0.1) is 0 Å². The van der Waals surface area contributed by atoms with Gasteiger partial charge in [0.1, 0.15) is 5.76 Å². The van der Waals surface area contributed by atoms with E-state index >= 15 is 0 Å². The van der Waals surface area contributed by atoms with Gasteiger partial charge in [0.15, 0.2) is 0 Å². The Labute approximate surface area is 143 Å². The van der Waals surface area contributed by atoms with Crippen molar-refractivity contribution >= 4 is 11.8 Å². The van der Waals surface area contributed by atoms with Gasteiger partial charge in [-0.2, -0.15) is 0 Å². The van der Waals surface area contributed by atoms with Crippen LogP contribution in [-0.4, -0.2) is 46.4 Å². The maximum Gasteiger partial charge on any atom is 0.228 e. The molecule has 2 amide bonds. The van der Waals surface area contributed by atoms with E-state index in [9.17, 15) is 9.59 Å². The monoisotopic (exact) mass is 333 g/mol. The predicted molar refractivity (Wildman–Crippen MR) is 89.1 cm³/mol. The SMILES string of the molecule is Cc1noc(C)c1CN(C)C(=O)[C@@H]1CC(=O)N(C2CCCCC2)C1. The highest BCUT2D eigenvalue weighted by Gasteiger charge is 2.39. The quantitative estimate of drug-likeness (QED) is 0.849. The van der Waals surface area contributed by atoms with Crippen molar-refractivity contribution in [3.05, 3.63) is 17.0 Å². The number of amides is 2. The van der Waals surface area contributed by atoms with Crippen LogP contribution < -0.4 is 0 Å². The summed E-state index contributed by atoms with van der Waals surface area (Å²) in [4.78, 5) is 28.8. The first-order valence-electron chi connectivity index (χ1n) is 8.93. The Hall–Kier alpha value is -1.85. The molecule has 1 aromatic heterocycles. The zero-order valence-electron chi connectivity index (χ0n) is 14.9. The fourth-order valence-electron chi connectivity index (χ4n) is 4.00. The average molecular weight is 333 g/mol. The van der Waals surface area contributed by atoms with Gasteiger partial charge >= 0.3 is 0 Å². The van der Waals surface area contributed by atoms with Crippen LogP contribution in [0.15, 0.2) is 4.52 Å². The Morgan fingerprint density at radius 2 is 2.00 bits per heavy atom. The van der Waals surface area contributed by atoms with E-state index in [1.165, 1.54) is 19.3 Å². The number of nitrogens with zero attached hydrogens (tertiary/aromatic N) is 3. The molecule has 1 saturated carbocycles. The molecule has 0 bridgehead atoms. The number of likely N-dealkylation sites (tertiary alicyclic amines) is 1. The third-order valence-electron chi connectivity index (χ3n) is 5.48.